The molecule has 68 valence electrons. The summed E-state index contributed by atoms with van der Waals surface area (Å²) in [6.07, 6.45) is 1.18. The SMILES string of the molecule is O=C(c1ccsn1)C1C2CNC1C2. The fourth-order valence-corrected chi connectivity index (χ4v) is 2.90. The first-order valence-electron chi connectivity index (χ1n) is 4.54. The normalized spacial score (nSPS) is 35.8. The van der Waals surface area contributed by atoms with Gasteiger partial charge in [0.1, 0.15) is 5.69 Å². The highest BCUT2D eigenvalue weighted by Crippen LogP contribution is 2.41. The van der Waals surface area contributed by atoms with Gasteiger partial charge in [-0.1, -0.05) is 0 Å². The predicted molar refractivity (Wildman–Crippen MR) is 49.8 cm³/mol. The molecule has 4 heteroatoms. The summed E-state index contributed by atoms with van der Waals surface area (Å²) in [5.41, 5.74) is 0.661. The first-order valence-corrected chi connectivity index (χ1v) is 5.38. The summed E-state index contributed by atoms with van der Waals surface area (Å²) in [7, 11) is 0. The van der Waals surface area contributed by atoms with Crippen LogP contribution in [0.3, 0.4) is 0 Å². The predicted octanol–water partition coefficient (Wildman–Crippen LogP) is 0.934. The van der Waals surface area contributed by atoms with E-state index in [0.717, 1.165) is 6.54 Å². The number of carbonyl (C=O) groups is 1. The van der Waals surface area contributed by atoms with Crippen LogP contribution in [0.25, 0.3) is 0 Å². The zero-order chi connectivity index (χ0) is 8.84. The summed E-state index contributed by atoms with van der Waals surface area (Å²) in [5, 5.41) is 5.20. The summed E-state index contributed by atoms with van der Waals surface area (Å²) >= 11 is 1.35. The highest BCUT2D eigenvalue weighted by Gasteiger charge is 2.50. The van der Waals surface area contributed by atoms with Crippen molar-refractivity contribution in [1.29, 1.82) is 0 Å². The van der Waals surface area contributed by atoms with Gasteiger partial charge in [-0.05, 0) is 36.5 Å². The minimum absolute atomic E-state index is 0.224. The molecule has 1 aliphatic carbocycles. The summed E-state index contributed by atoms with van der Waals surface area (Å²) in [5.74, 6) is 1.05. The first kappa shape index (κ1) is 7.64. The molecule has 4 rings (SSSR count). The van der Waals surface area contributed by atoms with E-state index in [1.165, 1.54) is 18.0 Å². The second-order valence-corrected chi connectivity index (χ2v) is 4.45. The van der Waals surface area contributed by atoms with Crippen molar-refractivity contribution < 1.29 is 4.79 Å². The van der Waals surface area contributed by atoms with E-state index in [4.69, 9.17) is 0 Å². The zero-order valence-corrected chi connectivity index (χ0v) is 7.88. The molecular weight excluding hydrogens is 184 g/mol. The van der Waals surface area contributed by atoms with Crippen molar-refractivity contribution in [2.24, 2.45) is 11.8 Å². The molecule has 3 heterocycles. The van der Waals surface area contributed by atoms with Crippen molar-refractivity contribution in [2.45, 2.75) is 12.5 Å². The average Bonchev–Trinajstić information content (AvgIpc) is 2.82. The van der Waals surface area contributed by atoms with Crippen molar-refractivity contribution >= 4 is 17.3 Å². The molecule has 2 aliphatic heterocycles. The molecule has 2 saturated heterocycles. The quantitative estimate of drug-likeness (QED) is 0.712. The van der Waals surface area contributed by atoms with E-state index in [9.17, 15) is 4.79 Å². The number of hydrogen-bond acceptors (Lipinski definition) is 4. The Kier molecular flexibility index (Phi) is 1.54. The van der Waals surface area contributed by atoms with Gasteiger partial charge in [-0.25, -0.2) is 0 Å². The van der Waals surface area contributed by atoms with Crippen molar-refractivity contribution in [3.05, 3.63) is 17.1 Å². The van der Waals surface area contributed by atoms with E-state index in [1.54, 1.807) is 0 Å². The van der Waals surface area contributed by atoms with Crippen LogP contribution in [0.4, 0.5) is 0 Å². The molecule has 3 atom stereocenters. The van der Waals surface area contributed by atoms with E-state index in [1.807, 2.05) is 11.4 Å². The van der Waals surface area contributed by atoms with Gasteiger partial charge in [0.25, 0.3) is 0 Å². The summed E-state index contributed by atoms with van der Waals surface area (Å²) in [6, 6.07) is 2.27. The fourth-order valence-electron chi connectivity index (χ4n) is 2.38. The smallest absolute Gasteiger partial charge is 0.187 e. The van der Waals surface area contributed by atoms with Crippen molar-refractivity contribution in [3.8, 4) is 0 Å². The maximum atomic E-state index is 11.9. The van der Waals surface area contributed by atoms with Gasteiger partial charge in [-0.2, -0.15) is 4.37 Å². The molecule has 0 radical (unpaired) electrons. The molecule has 1 N–H and O–H groups in total. The minimum atomic E-state index is 0.224. The van der Waals surface area contributed by atoms with E-state index in [-0.39, 0.29) is 11.7 Å². The number of nitrogens with zero attached hydrogens (tertiary/aromatic N) is 1. The van der Waals surface area contributed by atoms with Crippen LogP contribution in [0.5, 0.6) is 0 Å². The Bertz CT molecular complexity index is 321. The maximum Gasteiger partial charge on any atom is 0.187 e. The molecule has 0 amide bonds. The first-order chi connectivity index (χ1) is 6.36. The van der Waals surface area contributed by atoms with Crippen LogP contribution in [0.15, 0.2) is 11.4 Å². The Morgan fingerprint density at radius 3 is 3.15 bits per heavy atom. The molecular formula is C9H10N2OS. The Balaban J connectivity index is 1.84. The molecule has 1 aromatic rings. The second-order valence-electron chi connectivity index (χ2n) is 3.79. The zero-order valence-electron chi connectivity index (χ0n) is 7.06. The van der Waals surface area contributed by atoms with Crippen LogP contribution in [-0.4, -0.2) is 22.7 Å². The number of ketones is 1. The van der Waals surface area contributed by atoms with Crippen LogP contribution in [-0.2, 0) is 0 Å². The number of nitrogens with one attached hydrogen (secondary N) is 1. The summed E-state index contributed by atoms with van der Waals surface area (Å²) < 4.78 is 4.08. The molecule has 3 fully saturated rings. The number of Topliss-reactive ketones (excluding diaryl/α,β-unsaturated/α-hetero) is 1. The molecule has 0 spiro atoms. The van der Waals surface area contributed by atoms with Gasteiger partial charge in [0, 0.05) is 17.3 Å². The maximum absolute atomic E-state index is 11.9. The Hall–Kier alpha value is -0.740. The summed E-state index contributed by atoms with van der Waals surface area (Å²) in [6.45, 7) is 1.02. The second kappa shape index (κ2) is 2.62. The van der Waals surface area contributed by atoms with Crippen LogP contribution >= 0.6 is 11.5 Å². The molecule has 3 nitrogen and oxygen atoms in total. The average molecular weight is 194 g/mol. The third-order valence-electron chi connectivity index (χ3n) is 3.13. The van der Waals surface area contributed by atoms with Crippen LogP contribution < -0.4 is 5.32 Å². The van der Waals surface area contributed by atoms with Crippen LogP contribution in [0.2, 0.25) is 0 Å². The third kappa shape index (κ3) is 0.988. The van der Waals surface area contributed by atoms with Crippen molar-refractivity contribution in [2.75, 3.05) is 6.54 Å². The molecule has 13 heavy (non-hydrogen) atoms. The van der Waals surface area contributed by atoms with Gasteiger partial charge in [0.15, 0.2) is 5.78 Å². The third-order valence-corrected chi connectivity index (χ3v) is 3.69. The van der Waals surface area contributed by atoms with Gasteiger partial charge in [-0.3, -0.25) is 4.79 Å². The lowest BCUT2D eigenvalue weighted by molar-refractivity contribution is 0.0780. The minimum Gasteiger partial charge on any atom is -0.313 e. The molecule has 1 saturated carbocycles. The molecule has 2 bridgehead atoms. The lowest BCUT2D eigenvalue weighted by Gasteiger charge is -2.32. The van der Waals surface area contributed by atoms with E-state index in [0.29, 0.717) is 17.7 Å². The number of carbonyl (C=O) groups excluding carboxylic acids is 1. The molecule has 3 aliphatic rings. The van der Waals surface area contributed by atoms with Crippen LogP contribution in [0, 0.1) is 11.8 Å². The van der Waals surface area contributed by atoms with Gasteiger partial charge in [0.2, 0.25) is 0 Å². The largest absolute Gasteiger partial charge is 0.313 e. The van der Waals surface area contributed by atoms with Crippen molar-refractivity contribution in [1.82, 2.24) is 9.69 Å². The van der Waals surface area contributed by atoms with Gasteiger partial charge in [-0.15, -0.1) is 0 Å². The number of fused-ring (bicyclic) bond motifs is 1. The number of hydrogen-bond donors (Lipinski definition) is 1. The Morgan fingerprint density at radius 2 is 2.62 bits per heavy atom. The lowest BCUT2D eigenvalue weighted by Crippen LogP contribution is -2.42. The fraction of sp³-hybridized carbons (Fsp3) is 0.556. The topological polar surface area (TPSA) is 42.0 Å². The van der Waals surface area contributed by atoms with Gasteiger partial charge < -0.3 is 5.32 Å². The lowest BCUT2D eigenvalue weighted by atomic mass is 9.71. The Labute approximate surface area is 80.3 Å². The van der Waals surface area contributed by atoms with Gasteiger partial charge in [0.05, 0.1) is 0 Å². The van der Waals surface area contributed by atoms with E-state index in [2.05, 4.69) is 9.69 Å². The Morgan fingerprint density at radius 1 is 1.69 bits per heavy atom. The number of rotatable bonds is 2. The number of aromatic nitrogens is 1. The molecule has 1 aromatic heterocycles. The highest BCUT2D eigenvalue weighted by atomic mass is 32.1. The van der Waals surface area contributed by atoms with Crippen LogP contribution in [0.1, 0.15) is 16.9 Å². The monoisotopic (exact) mass is 194 g/mol. The van der Waals surface area contributed by atoms with Gasteiger partial charge >= 0.3 is 0 Å². The summed E-state index contributed by atoms with van der Waals surface area (Å²) in [4.78, 5) is 11.9. The standard InChI is InChI=1S/C9H10N2OS/c12-9(6-1-2-13-11-6)8-5-3-7(8)10-4-5/h1-2,5,7-8,10H,3-4H2. The molecule has 0 aromatic carbocycles. The van der Waals surface area contributed by atoms with Crippen molar-refractivity contribution in [3.63, 3.8) is 0 Å². The highest BCUT2D eigenvalue weighted by molar-refractivity contribution is 7.03. The van der Waals surface area contributed by atoms with E-state index >= 15 is 0 Å². The molecule has 3 unspecified atom stereocenters. The van der Waals surface area contributed by atoms with E-state index < -0.39 is 0 Å².